The van der Waals surface area contributed by atoms with Gasteiger partial charge in [-0.1, -0.05) is 13.8 Å². The number of carboxylic acids is 1. The average molecular weight is 293 g/mol. The van der Waals surface area contributed by atoms with E-state index < -0.39 is 5.97 Å². The van der Waals surface area contributed by atoms with Crippen LogP contribution >= 0.6 is 0 Å². The number of nitrogens with zero attached hydrogens (tertiary/aromatic N) is 2. The number of nitrogens with one attached hydrogen (secondary N) is 1. The Balaban J connectivity index is 2.01. The summed E-state index contributed by atoms with van der Waals surface area (Å²) in [5.74, 6) is -0.198. The lowest BCUT2D eigenvalue weighted by molar-refractivity contribution is -0.142. The quantitative estimate of drug-likeness (QED) is 0.867. The Morgan fingerprint density at radius 2 is 2.10 bits per heavy atom. The molecule has 0 atom stereocenters. The van der Waals surface area contributed by atoms with Crippen LogP contribution in [0, 0.1) is 11.8 Å². The van der Waals surface area contributed by atoms with E-state index in [1.165, 1.54) is 0 Å². The van der Waals surface area contributed by atoms with Crippen LogP contribution in [0.15, 0.2) is 17.2 Å². The summed E-state index contributed by atoms with van der Waals surface area (Å²) < 4.78 is 1.67. The fourth-order valence-electron chi connectivity index (χ4n) is 2.76. The molecule has 116 valence electrons. The first-order valence-electron chi connectivity index (χ1n) is 7.52. The molecule has 0 unspecified atom stereocenters. The van der Waals surface area contributed by atoms with Crippen molar-refractivity contribution in [2.75, 3.05) is 5.32 Å². The summed E-state index contributed by atoms with van der Waals surface area (Å²) in [5, 5.41) is 12.2. The molecule has 1 aliphatic rings. The third-order valence-corrected chi connectivity index (χ3v) is 3.89. The highest BCUT2D eigenvalue weighted by molar-refractivity contribution is 5.70. The summed E-state index contributed by atoms with van der Waals surface area (Å²) in [6.07, 6.45) is 6.16. The van der Waals surface area contributed by atoms with Crippen LogP contribution in [-0.2, 0) is 11.3 Å². The van der Waals surface area contributed by atoms with Gasteiger partial charge in [-0.2, -0.15) is 0 Å². The molecule has 6 heteroatoms. The van der Waals surface area contributed by atoms with Crippen LogP contribution < -0.4 is 10.9 Å². The molecule has 0 saturated heterocycles. The zero-order valence-corrected chi connectivity index (χ0v) is 12.6. The van der Waals surface area contributed by atoms with E-state index in [2.05, 4.69) is 24.1 Å². The van der Waals surface area contributed by atoms with E-state index in [4.69, 9.17) is 5.11 Å². The lowest BCUT2D eigenvalue weighted by atomic mass is 9.86. The molecular formula is C15H23N3O3. The number of aromatic nitrogens is 2. The molecule has 1 aliphatic carbocycles. The maximum absolute atomic E-state index is 12.3. The van der Waals surface area contributed by atoms with Crippen LogP contribution in [0.5, 0.6) is 0 Å². The van der Waals surface area contributed by atoms with E-state index >= 15 is 0 Å². The van der Waals surface area contributed by atoms with E-state index in [1.807, 2.05) is 0 Å². The van der Waals surface area contributed by atoms with Gasteiger partial charge >= 0.3 is 5.97 Å². The molecule has 0 amide bonds. The van der Waals surface area contributed by atoms with Crippen LogP contribution in [0.4, 0.5) is 5.82 Å². The highest BCUT2D eigenvalue weighted by Crippen LogP contribution is 2.25. The third kappa shape index (κ3) is 4.06. The molecule has 1 fully saturated rings. The molecule has 6 nitrogen and oxygen atoms in total. The molecule has 0 aromatic carbocycles. The van der Waals surface area contributed by atoms with Crippen molar-refractivity contribution in [3.63, 3.8) is 0 Å². The van der Waals surface area contributed by atoms with Crippen LogP contribution in [0.25, 0.3) is 0 Å². The zero-order chi connectivity index (χ0) is 15.4. The second kappa shape index (κ2) is 6.74. The van der Waals surface area contributed by atoms with Gasteiger partial charge in [-0.15, -0.1) is 0 Å². The molecule has 1 aromatic rings. The Bertz CT molecular complexity index is 545. The van der Waals surface area contributed by atoms with Crippen molar-refractivity contribution in [2.45, 2.75) is 52.1 Å². The molecular weight excluding hydrogens is 270 g/mol. The Hall–Kier alpha value is -1.85. The van der Waals surface area contributed by atoms with E-state index in [1.54, 1.807) is 17.0 Å². The molecule has 1 aromatic heterocycles. The molecule has 2 rings (SSSR count). The van der Waals surface area contributed by atoms with Crippen LogP contribution in [0.2, 0.25) is 0 Å². The first-order valence-corrected chi connectivity index (χ1v) is 7.52. The second-order valence-electron chi connectivity index (χ2n) is 6.16. The summed E-state index contributed by atoms with van der Waals surface area (Å²) in [6, 6.07) is 0.135. The number of anilines is 1. The minimum atomic E-state index is -0.717. The topological polar surface area (TPSA) is 84.2 Å². The maximum Gasteiger partial charge on any atom is 0.306 e. The zero-order valence-electron chi connectivity index (χ0n) is 12.6. The van der Waals surface area contributed by atoms with Crippen LogP contribution in [0.3, 0.4) is 0 Å². The molecule has 0 radical (unpaired) electrons. The van der Waals surface area contributed by atoms with Gasteiger partial charge in [-0.25, -0.2) is 4.98 Å². The molecule has 0 spiro atoms. The van der Waals surface area contributed by atoms with Crippen molar-refractivity contribution in [3.05, 3.63) is 22.7 Å². The molecule has 1 saturated carbocycles. The van der Waals surface area contributed by atoms with Gasteiger partial charge in [0.05, 0.1) is 5.92 Å². The Morgan fingerprint density at radius 3 is 2.67 bits per heavy atom. The fourth-order valence-corrected chi connectivity index (χ4v) is 2.76. The summed E-state index contributed by atoms with van der Waals surface area (Å²) in [5.41, 5.74) is -0.105. The van der Waals surface area contributed by atoms with Gasteiger partial charge in [0.2, 0.25) is 0 Å². The number of hydrogen-bond acceptors (Lipinski definition) is 4. The third-order valence-electron chi connectivity index (χ3n) is 3.89. The lowest BCUT2D eigenvalue weighted by Crippen LogP contribution is -2.33. The highest BCUT2D eigenvalue weighted by Gasteiger charge is 2.26. The van der Waals surface area contributed by atoms with Crippen LogP contribution in [-0.4, -0.2) is 26.7 Å². The Labute approximate surface area is 124 Å². The Morgan fingerprint density at radius 1 is 1.43 bits per heavy atom. The second-order valence-corrected chi connectivity index (χ2v) is 6.16. The lowest BCUT2D eigenvalue weighted by Gasteiger charge is -2.27. The van der Waals surface area contributed by atoms with Crippen LogP contribution in [0.1, 0.15) is 39.5 Å². The molecule has 0 aliphatic heterocycles. The van der Waals surface area contributed by atoms with Crippen molar-refractivity contribution in [1.82, 2.24) is 9.55 Å². The fraction of sp³-hybridized carbons (Fsp3) is 0.667. The SMILES string of the molecule is CC(C)Cn1ccnc(NC2CCC(C(=O)O)CC2)c1=O. The minimum absolute atomic E-state index is 0.105. The van der Waals surface area contributed by atoms with E-state index in [-0.39, 0.29) is 17.5 Å². The number of hydrogen-bond donors (Lipinski definition) is 2. The van der Waals surface area contributed by atoms with Crippen molar-refractivity contribution in [3.8, 4) is 0 Å². The standard InChI is InChI=1S/C15H23N3O3/c1-10(2)9-18-8-7-16-13(14(18)19)17-12-5-3-11(4-6-12)15(20)21/h7-8,10-12H,3-6,9H2,1-2H3,(H,16,17)(H,20,21). The number of aliphatic carboxylic acids is 1. The summed E-state index contributed by atoms with van der Waals surface area (Å²) >= 11 is 0. The van der Waals surface area contributed by atoms with Gasteiger partial charge in [-0.3, -0.25) is 9.59 Å². The molecule has 21 heavy (non-hydrogen) atoms. The summed E-state index contributed by atoms with van der Waals surface area (Å²) in [7, 11) is 0. The molecule has 0 bridgehead atoms. The Kier molecular flexibility index (Phi) is 4.98. The van der Waals surface area contributed by atoms with E-state index in [9.17, 15) is 9.59 Å². The van der Waals surface area contributed by atoms with Gasteiger partial charge in [0.25, 0.3) is 5.56 Å². The summed E-state index contributed by atoms with van der Waals surface area (Å²) in [4.78, 5) is 27.4. The number of rotatable bonds is 5. The van der Waals surface area contributed by atoms with E-state index in [0.29, 0.717) is 31.1 Å². The van der Waals surface area contributed by atoms with Crippen molar-refractivity contribution in [2.24, 2.45) is 11.8 Å². The van der Waals surface area contributed by atoms with Crippen molar-refractivity contribution in [1.29, 1.82) is 0 Å². The van der Waals surface area contributed by atoms with Gasteiger partial charge in [0, 0.05) is 25.0 Å². The highest BCUT2D eigenvalue weighted by atomic mass is 16.4. The van der Waals surface area contributed by atoms with Gasteiger partial charge < -0.3 is 15.0 Å². The smallest absolute Gasteiger partial charge is 0.306 e. The van der Waals surface area contributed by atoms with Gasteiger partial charge in [0.1, 0.15) is 0 Å². The normalized spacial score (nSPS) is 22.2. The van der Waals surface area contributed by atoms with Gasteiger partial charge in [0.15, 0.2) is 5.82 Å². The number of carboxylic acid groups (broad SMARTS) is 1. The molecule has 1 heterocycles. The summed E-state index contributed by atoms with van der Waals surface area (Å²) in [6.45, 7) is 4.79. The monoisotopic (exact) mass is 293 g/mol. The average Bonchev–Trinajstić information content (AvgIpc) is 2.43. The predicted octanol–water partition coefficient (Wildman–Crippen LogP) is 1.95. The van der Waals surface area contributed by atoms with E-state index in [0.717, 1.165) is 12.8 Å². The van der Waals surface area contributed by atoms with Crippen molar-refractivity contribution >= 4 is 11.8 Å². The predicted molar refractivity (Wildman–Crippen MR) is 80.3 cm³/mol. The number of carbonyl (C=O) groups is 1. The molecule has 2 N–H and O–H groups in total. The first-order chi connectivity index (χ1) is 9.97. The van der Waals surface area contributed by atoms with Gasteiger partial charge in [-0.05, 0) is 31.6 Å². The largest absolute Gasteiger partial charge is 0.481 e. The van der Waals surface area contributed by atoms with Crippen molar-refractivity contribution < 1.29 is 9.90 Å². The minimum Gasteiger partial charge on any atom is -0.481 e. The maximum atomic E-state index is 12.3. The first kappa shape index (κ1) is 15.5.